The highest BCUT2D eigenvalue weighted by Gasteiger charge is 2.45. The van der Waals surface area contributed by atoms with Crippen LogP contribution in [0, 0.1) is 0 Å². The van der Waals surface area contributed by atoms with Crippen molar-refractivity contribution in [1.29, 1.82) is 0 Å². The summed E-state index contributed by atoms with van der Waals surface area (Å²) >= 11 is 12.4. The molecule has 142 valence electrons. The van der Waals surface area contributed by atoms with Crippen molar-refractivity contribution in [2.45, 2.75) is 49.5 Å². The highest BCUT2D eigenvalue weighted by molar-refractivity contribution is 6.42. The van der Waals surface area contributed by atoms with Crippen LogP contribution < -0.4 is 0 Å². The van der Waals surface area contributed by atoms with Crippen molar-refractivity contribution in [1.82, 2.24) is 9.80 Å². The molecular formula is C18H22Cl2N2O4. The maximum atomic E-state index is 12.7. The Balaban J connectivity index is 1.52. The zero-order valence-corrected chi connectivity index (χ0v) is 15.7. The first kappa shape index (κ1) is 18.3. The molecule has 1 aliphatic carbocycles. The van der Waals surface area contributed by atoms with Crippen LogP contribution in [0.25, 0.3) is 0 Å². The first-order valence-corrected chi connectivity index (χ1v) is 9.67. The van der Waals surface area contributed by atoms with Crippen LogP contribution in [-0.2, 0) is 4.79 Å². The lowest BCUT2D eigenvalue weighted by atomic mass is 9.95. The van der Waals surface area contributed by atoms with Crippen LogP contribution in [0.15, 0.2) is 12.1 Å². The van der Waals surface area contributed by atoms with Gasteiger partial charge in [-0.05, 0) is 31.4 Å². The molecule has 3 fully saturated rings. The van der Waals surface area contributed by atoms with Crippen molar-refractivity contribution in [2.75, 3.05) is 19.6 Å². The number of phenols is 1. The quantitative estimate of drug-likeness (QED) is 0.701. The van der Waals surface area contributed by atoms with E-state index in [2.05, 4.69) is 4.90 Å². The molecule has 8 heteroatoms. The number of rotatable bonds is 2. The van der Waals surface area contributed by atoms with Crippen molar-refractivity contribution >= 4 is 29.1 Å². The van der Waals surface area contributed by atoms with Gasteiger partial charge in [-0.2, -0.15) is 0 Å². The molecule has 1 aromatic rings. The summed E-state index contributed by atoms with van der Waals surface area (Å²) in [5, 5.41) is 30.6. The zero-order valence-electron chi connectivity index (χ0n) is 14.2. The van der Waals surface area contributed by atoms with E-state index in [1.54, 1.807) is 6.07 Å². The van der Waals surface area contributed by atoms with Gasteiger partial charge in [0.15, 0.2) is 0 Å². The van der Waals surface area contributed by atoms with Gasteiger partial charge in [0.1, 0.15) is 5.75 Å². The summed E-state index contributed by atoms with van der Waals surface area (Å²) in [6, 6.07) is 3.16. The second kappa shape index (κ2) is 6.84. The van der Waals surface area contributed by atoms with Gasteiger partial charge < -0.3 is 20.2 Å². The molecular weight excluding hydrogens is 379 g/mol. The smallest absolute Gasteiger partial charge is 0.237 e. The summed E-state index contributed by atoms with van der Waals surface area (Å²) < 4.78 is 0. The van der Waals surface area contributed by atoms with Crippen LogP contribution in [0.1, 0.15) is 30.7 Å². The Morgan fingerprint density at radius 2 is 1.69 bits per heavy atom. The molecule has 3 aliphatic rings. The van der Waals surface area contributed by atoms with E-state index in [0.717, 1.165) is 0 Å². The number of aliphatic hydroxyl groups excluding tert-OH is 2. The van der Waals surface area contributed by atoms with Crippen LogP contribution in [0.2, 0.25) is 10.0 Å². The average Bonchev–Trinajstić information content (AvgIpc) is 3.16. The Hall–Kier alpha value is -1.05. The molecule has 0 aromatic heterocycles. The number of aromatic hydroxyl groups is 1. The topological polar surface area (TPSA) is 84.2 Å². The van der Waals surface area contributed by atoms with Crippen LogP contribution in [0.5, 0.6) is 5.75 Å². The average molecular weight is 401 g/mol. The van der Waals surface area contributed by atoms with Gasteiger partial charge in [0.25, 0.3) is 0 Å². The fraction of sp³-hybridized carbons (Fsp3) is 0.611. The number of aliphatic hydroxyl groups is 2. The summed E-state index contributed by atoms with van der Waals surface area (Å²) in [7, 11) is 0. The van der Waals surface area contributed by atoms with Crippen LogP contribution >= 0.6 is 23.2 Å². The lowest BCUT2D eigenvalue weighted by Crippen LogP contribution is -2.56. The van der Waals surface area contributed by atoms with Crippen LogP contribution in [0.4, 0.5) is 0 Å². The van der Waals surface area contributed by atoms with Gasteiger partial charge in [0, 0.05) is 36.7 Å². The summed E-state index contributed by atoms with van der Waals surface area (Å²) in [5.74, 6) is 0.0859. The summed E-state index contributed by atoms with van der Waals surface area (Å²) in [4.78, 5) is 16.6. The Morgan fingerprint density at radius 1 is 1.00 bits per heavy atom. The molecule has 26 heavy (non-hydrogen) atoms. The van der Waals surface area contributed by atoms with Crippen LogP contribution in [0.3, 0.4) is 0 Å². The molecule has 6 nitrogen and oxygen atoms in total. The van der Waals surface area contributed by atoms with E-state index in [9.17, 15) is 20.1 Å². The summed E-state index contributed by atoms with van der Waals surface area (Å²) in [6.07, 6.45) is 0.253. The number of amides is 1. The molecule has 2 aliphatic heterocycles. The number of halogens is 2. The van der Waals surface area contributed by atoms with Gasteiger partial charge >= 0.3 is 0 Å². The first-order valence-electron chi connectivity index (χ1n) is 8.91. The molecule has 0 unspecified atom stereocenters. The van der Waals surface area contributed by atoms with E-state index >= 15 is 0 Å². The van der Waals surface area contributed by atoms with E-state index in [4.69, 9.17) is 23.2 Å². The molecule has 5 atom stereocenters. The molecule has 2 saturated heterocycles. The van der Waals surface area contributed by atoms with Gasteiger partial charge in [0.05, 0.1) is 28.8 Å². The third kappa shape index (κ3) is 3.08. The maximum absolute atomic E-state index is 12.7. The van der Waals surface area contributed by atoms with E-state index in [1.165, 1.54) is 6.07 Å². The number of piperazine rings is 1. The highest BCUT2D eigenvalue weighted by atomic mass is 35.5. The standard InChI is InChI=1S/C18H22Cl2N2O4/c19-12-1-2-13(23)17(18(12)20)9-3-11-7-21(8-16(26)22(11)6-9)10-4-14(24)15(25)5-10/h1-2,9-11,14-15,23-25H,3-8H2/t9-,10-,11-,14+,15-/m0/s1. The second-order valence-electron chi connectivity index (χ2n) is 7.62. The lowest BCUT2D eigenvalue weighted by Gasteiger charge is -2.40. The van der Waals surface area contributed by atoms with Crippen molar-refractivity contribution < 1.29 is 20.1 Å². The third-order valence-corrected chi connectivity index (χ3v) is 6.84. The Bertz CT molecular complexity index is 721. The predicted molar refractivity (Wildman–Crippen MR) is 97.6 cm³/mol. The van der Waals surface area contributed by atoms with E-state index in [-0.39, 0.29) is 29.7 Å². The lowest BCUT2D eigenvalue weighted by molar-refractivity contribution is -0.138. The molecule has 3 N–H and O–H groups in total. The molecule has 0 radical (unpaired) electrons. The number of carbonyl (C=O) groups excluding carboxylic acids is 1. The van der Waals surface area contributed by atoms with Crippen LogP contribution in [-0.4, -0.2) is 75.0 Å². The first-order chi connectivity index (χ1) is 12.3. The monoisotopic (exact) mass is 400 g/mol. The summed E-state index contributed by atoms with van der Waals surface area (Å²) in [5.41, 5.74) is 0.611. The van der Waals surface area contributed by atoms with Gasteiger partial charge in [-0.25, -0.2) is 0 Å². The van der Waals surface area contributed by atoms with Gasteiger partial charge in [-0.3, -0.25) is 9.69 Å². The Labute approximate surface area is 161 Å². The Morgan fingerprint density at radius 3 is 2.38 bits per heavy atom. The minimum Gasteiger partial charge on any atom is -0.508 e. The SMILES string of the molecule is O=C1CN([C@H]2C[C@@H](O)[C@@H](O)C2)C[C@@H]2C[C@H](c3c(O)ccc(Cl)c3Cl)CN12. The number of nitrogens with zero attached hydrogens (tertiary/aromatic N) is 2. The highest BCUT2D eigenvalue weighted by Crippen LogP contribution is 2.44. The molecule has 0 spiro atoms. The fourth-order valence-electron chi connectivity index (χ4n) is 4.69. The number of hydrogen-bond donors (Lipinski definition) is 3. The van der Waals surface area contributed by atoms with E-state index < -0.39 is 12.2 Å². The number of fused-ring (bicyclic) bond motifs is 1. The maximum Gasteiger partial charge on any atom is 0.237 e. The molecule has 0 bridgehead atoms. The van der Waals surface area contributed by atoms with Gasteiger partial charge in [0.2, 0.25) is 5.91 Å². The zero-order chi connectivity index (χ0) is 18.6. The predicted octanol–water partition coefficient (Wildman–Crippen LogP) is 1.58. The largest absolute Gasteiger partial charge is 0.508 e. The molecule has 4 rings (SSSR count). The molecule has 1 aromatic carbocycles. The minimum atomic E-state index is -0.716. The van der Waals surface area contributed by atoms with Crippen molar-refractivity contribution in [3.63, 3.8) is 0 Å². The Kier molecular flexibility index (Phi) is 4.82. The minimum absolute atomic E-state index is 0.0216. The summed E-state index contributed by atoms with van der Waals surface area (Å²) in [6.45, 7) is 1.51. The third-order valence-electron chi connectivity index (χ3n) is 6.02. The van der Waals surface area contributed by atoms with Gasteiger partial charge in [-0.15, -0.1) is 0 Å². The van der Waals surface area contributed by atoms with E-state index in [0.29, 0.717) is 54.5 Å². The molecule has 1 amide bonds. The number of benzene rings is 1. The van der Waals surface area contributed by atoms with E-state index in [1.807, 2.05) is 4.90 Å². The number of hydrogen-bond acceptors (Lipinski definition) is 5. The van der Waals surface area contributed by atoms with Gasteiger partial charge in [-0.1, -0.05) is 23.2 Å². The number of carbonyl (C=O) groups is 1. The van der Waals surface area contributed by atoms with Crippen molar-refractivity contribution in [3.8, 4) is 5.75 Å². The molecule has 2 heterocycles. The molecule has 1 saturated carbocycles. The van der Waals surface area contributed by atoms with Crippen molar-refractivity contribution in [3.05, 3.63) is 27.7 Å². The number of phenolic OH excluding ortho intramolecular Hbond substituents is 1. The fourth-order valence-corrected chi connectivity index (χ4v) is 5.17. The second-order valence-corrected chi connectivity index (χ2v) is 8.40. The normalized spacial score (nSPS) is 35.2. The van der Waals surface area contributed by atoms with Crippen molar-refractivity contribution in [2.24, 2.45) is 0 Å².